The van der Waals surface area contributed by atoms with Gasteiger partial charge in [0.2, 0.25) is 0 Å². The molecule has 0 aliphatic heterocycles. The second-order valence-corrected chi connectivity index (χ2v) is 7.82. The molecule has 0 unspecified atom stereocenters. The number of carbonyl (C=O) groups excluding carboxylic acids is 2. The Morgan fingerprint density at radius 1 is 1.11 bits per heavy atom. The second-order valence-electron chi connectivity index (χ2n) is 7.41. The Kier molecular flexibility index (Phi) is 6.50. The van der Waals surface area contributed by atoms with Crippen molar-refractivity contribution in [2.45, 2.75) is 46.3 Å². The van der Waals surface area contributed by atoms with Crippen LogP contribution < -0.4 is 15.4 Å². The molecule has 27 heavy (non-hydrogen) atoms. The predicted octanol–water partition coefficient (Wildman–Crippen LogP) is 4.58. The molecule has 0 aliphatic rings. The number of amides is 2. The summed E-state index contributed by atoms with van der Waals surface area (Å²) in [4.78, 5) is 25.0. The largest absolute Gasteiger partial charge is 0.481 e. The highest BCUT2D eigenvalue weighted by molar-refractivity contribution is 6.31. The molecular formula is C21H25ClN2O3. The Balaban J connectivity index is 2.10. The molecule has 2 aromatic carbocycles. The van der Waals surface area contributed by atoms with Crippen molar-refractivity contribution in [2.75, 3.05) is 5.32 Å². The molecule has 6 heteroatoms. The number of carbonyl (C=O) groups is 2. The van der Waals surface area contributed by atoms with Crippen LogP contribution in [0, 0.1) is 6.92 Å². The maximum Gasteiger partial charge on any atom is 0.265 e. The van der Waals surface area contributed by atoms with Gasteiger partial charge in [0.15, 0.2) is 6.10 Å². The summed E-state index contributed by atoms with van der Waals surface area (Å²) in [6, 6.07) is 12.1. The number of nitrogens with one attached hydrogen (secondary N) is 2. The first-order valence-corrected chi connectivity index (χ1v) is 9.10. The van der Waals surface area contributed by atoms with Crippen LogP contribution in [-0.2, 0) is 4.79 Å². The molecule has 2 rings (SSSR count). The zero-order valence-corrected chi connectivity index (χ0v) is 17.0. The van der Waals surface area contributed by atoms with Crippen LogP contribution in [-0.4, -0.2) is 23.5 Å². The normalized spacial score (nSPS) is 12.2. The van der Waals surface area contributed by atoms with Gasteiger partial charge >= 0.3 is 0 Å². The van der Waals surface area contributed by atoms with E-state index in [1.807, 2.05) is 27.7 Å². The molecule has 0 aliphatic carbocycles. The van der Waals surface area contributed by atoms with Crippen LogP contribution in [0.25, 0.3) is 0 Å². The first-order valence-electron chi connectivity index (χ1n) is 8.72. The van der Waals surface area contributed by atoms with Crippen LogP contribution >= 0.6 is 11.6 Å². The van der Waals surface area contributed by atoms with Crippen LogP contribution in [0.2, 0.25) is 5.02 Å². The van der Waals surface area contributed by atoms with Crippen molar-refractivity contribution in [3.05, 3.63) is 58.6 Å². The summed E-state index contributed by atoms with van der Waals surface area (Å²) in [5.41, 5.74) is 1.32. The molecule has 0 saturated heterocycles. The fourth-order valence-electron chi connectivity index (χ4n) is 2.38. The van der Waals surface area contributed by atoms with Gasteiger partial charge in [0.05, 0.1) is 11.3 Å². The number of ether oxygens (including phenoxy) is 1. The quantitative estimate of drug-likeness (QED) is 0.787. The number of hydrogen-bond acceptors (Lipinski definition) is 3. The molecule has 144 valence electrons. The minimum atomic E-state index is -0.746. The standard InChI is InChI=1S/C21H25ClN2O3/c1-13-12-15(10-11-17(13)22)27-14(2)19(25)23-18-9-7-6-8-16(18)20(26)24-21(3,4)5/h6-12,14H,1-5H3,(H,23,25)(H,24,26)/t14-/m0/s1. The average Bonchev–Trinajstić information content (AvgIpc) is 2.57. The van der Waals surface area contributed by atoms with Crippen LogP contribution in [0.1, 0.15) is 43.6 Å². The number of anilines is 1. The SMILES string of the molecule is Cc1cc(O[C@@H](C)C(=O)Nc2ccccc2C(=O)NC(C)(C)C)ccc1Cl. The molecule has 0 saturated carbocycles. The van der Waals surface area contributed by atoms with Crippen LogP contribution in [0.15, 0.2) is 42.5 Å². The van der Waals surface area contributed by atoms with Crippen molar-refractivity contribution in [1.29, 1.82) is 0 Å². The smallest absolute Gasteiger partial charge is 0.265 e. The highest BCUT2D eigenvalue weighted by Gasteiger charge is 2.21. The number of hydrogen-bond donors (Lipinski definition) is 2. The third-order valence-electron chi connectivity index (χ3n) is 3.73. The Bertz CT molecular complexity index is 844. The molecule has 0 spiro atoms. The van der Waals surface area contributed by atoms with Crippen molar-refractivity contribution in [2.24, 2.45) is 0 Å². The first kappa shape index (κ1) is 20.8. The molecule has 0 heterocycles. The number of benzene rings is 2. The highest BCUT2D eigenvalue weighted by atomic mass is 35.5. The van der Waals surface area contributed by atoms with Crippen LogP contribution in [0.3, 0.4) is 0 Å². The van der Waals surface area contributed by atoms with Crippen LogP contribution in [0.5, 0.6) is 5.75 Å². The lowest BCUT2D eigenvalue weighted by molar-refractivity contribution is -0.122. The van der Waals surface area contributed by atoms with E-state index in [0.717, 1.165) is 5.56 Å². The number of halogens is 1. The molecule has 1 atom stereocenters. The summed E-state index contributed by atoms with van der Waals surface area (Å²) in [5.74, 6) is -0.0442. The summed E-state index contributed by atoms with van der Waals surface area (Å²) in [7, 11) is 0. The lowest BCUT2D eigenvalue weighted by Crippen LogP contribution is -2.41. The van der Waals surface area contributed by atoms with E-state index in [4.69, 9.17) is 16.3 Å². The predicted molar refractivity (Wildman–Crippen MR) is 109 cm³/mol. The van der Waals surface area contributed by atoms with E-state index in [9.17, 15) is 9.59 Å². The van der Waals surface area contributed by atoms with E-state index in [0.29, 0.717) is 22.0 Å². The molecule has 0 bridgehead atoms. The van der Waals surface area contributed by atoms with Gasteiger partial charge in [-0.25, -0.2) is 0 Å². The maximum absolute atomic E-state index is 12.5. The third kappa shape index (κ3) is 6.00. The lowest BCUT2D eigenvalue weighted by Gasteiger charge is -2.22. The number of rotatable bonds is 5. The summed E-state index contributed by atoms with van der Waals surface area (Å²) in [5, 5.41) is 6.31. The van der Waals surface area contributed by atoms with Gasteiger partial charge in [0, 0.05) is 10.6 Å². The summed E-state index contributed by atoms with van der Waals surface area (Å²) in [6.07, 6.45) is -0.746. The van der Waals surface area contributed by atoms with Crippen molar-refractivity contribution in [3.8, 4) is 5.75 Å². The molecule has 5 nitrogen and oxygen atoms in total. The molecule has 2 amide bonds. The summed E-state index contributed by atoms with van der Waals surface area (Å²) < 4.78 is 5.69. The zero-order valence-electron chi connectivity index (χ0n) is 16.2. The fraction of sp³-hybridized carbons (Fsp3) is 0.333. The molecule has 2 N–H and O–H groups in total. The van der Waals surface area contributed by atoms with Gasteiger partial charge in [-0.2, -0.15) is 0 Å². The van der Waals surface area contributed by atoms with Crippen molar-refractivity contribution < 1.29 is 14.3 Å². The molecule has 0 radical (unpaired) electrons. The monoisotopic (exact) mass is 388 g/mol. The molecule has 0 aromatic heterocycles. The lowest BCUT2D eigenvalue weighted by atomic mass is 10.1. The zero-order chi connectivity index (χ0) is 20.2. The van der Waals surface area contributed by atoms with E-state index in [1.54, 1.807) is 49.4 Å². The first-order chi connectivity index (χ1) is 12.6. The highest BCUT2D eigenvalue weighted by Crippen LogP contribution is 2.22. The van der Waals surface area contributed by atoms with Gasteiger partial charge in [0.25, 0.3) is 11.8 Å². The van der Waals surface area contributed by atoms with Crippen molar-refractivity contribution in [1.82, 2.24) is 5.32 Å². The number of para-hydroxylation sites is 1. The maximum atomic E-state index is 12.5. The van der Waals surface area contributed by atoms with Gasteiger partial charge in [-0.05, 0) is 70.5 Å². The van der Waals surface area contributed by atoms with Crippen molar-refractivity contribution in [3.63, 3.8) is 0 Å². The van der Waals surface area contributed by atoms with E-state index in [2.05, 4.69) is 10.6 Å². The van der Waals surface area contributed by atoms with E-state index in [1.165, 1.54) is 0 Å². The Hall–Kier alpha value is -2.53. The van der Waals surface area contributed by atoms with Crippen molar-refractivity contribution >= 4 is 29.1 Å². The Morgan fingerprint density at radius 2 is 1.78 bits per heavy atom. The van der Waals surface area contributed by atoms with Gasteiger partial charge in [0.1, 0.15) is 5.75 Å². The molecular weight excluding hydrogens is 364 g/mol. The molecule has 2 aromatic rings. The van der Waals surface area contributed by atoms with Gasteiger partial charge in [-0.1, -0.05) is 23.7 Å². The Morgan fingerprint density at radius 3 is 2.41 bits per heavy atom. The Labute approximate surface area is 165 Å². The minimum Gasteiger partial charge on any atom is -0.481 e. The van der Waals surface area contributed by atoms with Crippen LogP contribution in [0.4, 0.5) is 5.69 Å². The number of aryl methyl sites for hydroxylation is 1. The van der Waals surface area contributed by atoms with Gasteiger partial charge < -0.3 is 15.4 Å². The van der Waals surface area contributed by atoms with Gasteiger partial charge in [-0.15, -0.1) is 0 Å². The van der Waals surface area contributed by atoms with E-state index < -0.39 is 6.10 Å². The summed E-state index contributed by atoms with van der Waals surface area (Å²) >= 11 is 6.01. The van der Waals surface area contributed by atoms with E-state index >= 15 is 0 Å². The topological polar surface area (TPSA) is 67.4 Å². The minimum absolute atomic E-state index is 0.250. The third-order valence-corrected chi connectivity index (χ3v) is 4.15. The molecule has 0 fully saturated rings. The second kappa shape index (κ2) is 8.44. The van der Waals surface area contributed by atoms with Gasteiger partial charge in [-0.3, -0.25) is 9.59 Å². The summed E-state index contributed by atoms with van der Waals surface area (Å²) in [6.45, 7) is 9.21. The van der Waals surface area contributed by atoms with E-state index in [-0.39, 0.29) is 17.4 Å². The average molecular weight is 389 g/mol. The fourth-order valence-corrected chi connectivity index (χ4v) is 2.50.